The number of hydrogen-bond acceptors (Lipinski definition) is 4. The number of aromatic nitrogens is 2. The van der Waals surface area contributed by atoms with E-state index >= 15 is 0 Å². The second-order valence-corrected chi connectivity index (χ2v) is 9.46. The number of nitrogens with two attached hydrogens (primary N) is 2. The summed E-state index contributed by atoms with van der Waals surface area (Å²) in [5, 5.41) is 2.89. The largest absolute Gasteiger partial charge is 0.370 e. The minimum Gasteiger partial charge on any atom is -0.370 e. The van der Waals surface area contributed by atoms with Gasteiger partial charge in [0.25, 0.3) is 0 Å². The number of benzene rings is 2. The molecule has 3 aromatic rings. The summed E-state index contributed by atoms with van der Waals surface area (Å²) >= 11 is 0. The van der Waals surface area contributed by atoms with Crippen molar-refractivity contribution in [3.8, 4) is 11.3 Å². The third-order valence-corrected chi connectivity index (χ3v) is 6.61. The Labute approximate surface area is 213 Å². The van der Waals surface area contributed by atoms with Gasteiger partial charge in [0.1, 0.15) is 5.82 Å². The fourth-order valence-corrected chi connectivity index (χ4v) is 4.69. The highest BCUT2D eigenvalue weighted by atomic mass is 16.1. The van der Waals surface area contributed by atoms with Crippen LogP contribution in [0.5, 0.6) is 0 Å². The molecule has 2 aromatic carbocycles. The van der Waals surface area contributed by atoms with Gasteiger partial charge in [0, 0.05) is 29.3 Å². The number of amides is 1. The van der Waals surface area contributed by atoms with Crippen molar-refractivity contribution in [2.24, 2.45) is 16.5 Å². The van der Waals surface area contributed by atoms with Gasteiger partial charge in [0.15, 0.2) is 5.96 Å². The first-order chi connectivity index (χ1) is 17.6. The average molecular weight is 485 g/mol. The minimum atomic E-state index is -0.130. The number of aryl methyl sites for hydroxylation is 2. The van der Waals surface area contributed by atoms with Gasteiger partial charge in [-0.3, -0.25) is 9.79 Å². The van der Waals surface area contributed by atoms with Gasteiger partial charge in [0.05, 0.1) is 12.2 Å². The highest BCUT2D eigenvalue weighted by Gasteiger charge is 2.20. The first-order valence-electron chi connectivity index (χ1n) is 12.9. The first-order valence-corrected chi connectivity index (χ1v) is 12.9. The number of anilines is 1. The molecule has 0 spiro atoms. The summed E-state index contributed by atoms with van der Waals surface area (Å²) in [5.41, 5.74) is 15.8. The number of nitrogens with one attached hydrogen (secondary N) is 1. The van der Waals surface area contributed by atoms with Crippen molar-refractivity contribution < 1.29 is 4.79 Å². The Bertz CT molecular complexity index is 1150. The van der Waals surface area contributed by atoms with E-state index in [1.807, 2.05) is 24.3 Å². The van der Waals surface area contributed by atoms with E-state index in [0.717, 1.165) is 60.6 Å². The van der Waals surface area contributed by atoms with Crippen molar-refractivity contribution in [1.82, 2.24) is 9.97 Å². The summed E-state index contributed by atoms with van der Waals surface area (Å²) < 4.78 is 0. The Morgan fingerprint density at radius 2 is 1.69 bits per heavy atom. The zero-order valence-corrected chi connectivity index (χ0v) is 20.8. The second-order valence-electron chi connectivity index (χ2n) is 9.46. The molecule has 0 aliphatic heterocycles. The monoisotopic (exact) mass is 484 g/mol. The summed E-state index contributed by atoms with van der Waals surface area (Å²) in [4.78, 5) is 26.0. The van der Waals surface area contributed by atoms with Crippen LogP contribution in [0.15, 0.2) is 65.7 Å². The molecule has 0 saturated heterocycles. The summed E-state index contributed by atoms with van der Waals surface area (Å²) in [6.07, 6.45) is 9.37. The lowest BCUT2D eigenvalue weighted by molar-refractivity contribution is -0.116. The SMILES string of the molecule is NC(N)=NCCC(=O)Nc1ccc(-c2cc(CCCc3ccccc3)nc(C3CCCCC3)n2)cc1. The molecular weight excluding hydrogens is 448 g/mol. The molecule has 1 amide bonds. The van der Waals surface area contributed by atoms with Crippen molar-refractivity contribution >= 4 is 17.6 Å². The predicted molar refractivity (Wildman–Crippen MR) is 146 cm³/mol. The van der Waals surface area contributed by atoms with E-state index in [4.69, 9.17) is 21.4 Å². The molecular formula is C29H36N6O. The van der Waals surface area contributed by atoms with Gasteiger partial charge >= 0.3 is 0 Å². The maximum atomic E-state index is 12.1. The van der Waals surface area contributed by atoms with E-state index in [-0.39, 0.29) is 24.8 Å². The van der Waals surface area contributed by atoms with Gasteiger partial charge in [-0.05, 0) is 55.9 Å². The molecule has 1 saturated carbocycles. The number of rotatable bonds is 10. The molecule has 5 N–H and O–H groups in total. The fraction of sp³-hybridized carbons (Fsp3) is 0.379. The number of carbonyl (C=O) groups is 1. The maximum absolute atomic E-state index is 12.1. The second kappa shape index (κ2) is 12.8. The Hall–Kier alpha value is -3.74. The highest BCUT2D eigenvalue weighted by Crippen LogP contribution is 2.32. The van der Waals surface area contributed by atoms with Crippen LogP contribution in [-0.2, 0) is 17.6 Å². The van der Waals surface area contributed by atoms with Gasteiger partial charge < -0.3 is 16.8 Å². The average Bonchev–Trinajstić information content (AvgIpc) is 2.90. The van der Waals surface area contributed by atoms with Gasteiger partial charge in [-0.2, -0.15) is 0 Å². The predicted octanol–water partition coefficient (Wildman–Crippen LogP) is 4.97. The third-order valence-electron chi connectivity index (χ3n) is 6.61. The first kappa shape index (κ1) is 25.4. The number of guanidine groups is 1. The molecule has 0 radical (unpaired) electrons. The van der Waals surface area contributed by atoms with Crippen molar-refractivity contribution in [2.45, 2.75) is 63.7 Å². The molecule has 0 atom stereocenters. The van der Waals surface area contributed by atoms with Crippen molar-refractivity contribution in [3.63, 3.8) is 0 Å². The van der Waals surface area contributed by atoms with Crippen molar-refractivity contribution in [2.75, 3.05) is 11.9 Å². The van der Waals surface area contributed by atoms with E-state index in [0.29, 0.717) is 5.92 Å². The van der Waals surface area contributed by atoms with Crippen LogP contribution >= 0.6 is 0 Å². The lowest BCUT2D eigenvalue weighted by atomic mass is 9.88. The van der Waals surface area contributed by atoms with Gasteiger partial charge in [-0.25, -0.2) is 9.97 Å². The summed E-state index contributed by atoms with van der Waals surface area (Å²) in [7, 11) is 0. The summed E-state index contributed by atoms with van der Waals surface area (Å²) in [6.45, 7) is 0.268. The number of aliphatic imine (C=N–C) groups is 1. The summed E-state index contributed by atoms with van der Waals surface area (Å²) in [6, 6.07) is 20.6. The molecule has 1 aliphatic carbocycles. The van der Waals surface area contributed by atoms with Crippen LogP contribution in [0.25, 0.3) is 11.3 Å². The molecule has 1 heterocycles. The van der Waals surface area contributed by atoms with Crippen molar-refractivity contribution in [3.05, 3.63) is 77.7 Å². The Morgan fingerprint density at radius 1 is 0.944 bits per heavy atom. The molecule has 36 heavy (non-hydrogen) atoms. The number of nitrogens with zero attached hydrogens (tertiary/aromatic N) is 3. The Balaban J connectivity index is 1.47. The minimum absolute atomic E-state index is 0.0102. The van der Waals surface area contributed by atoms with Gasteiger partial charge in [0.2, 0.25) is 5.91 Å². The van der Waals surface area contributed by atoms with Gasteiger partial charge in [-0.15, -0.1) is 0 Å². The van der Waals surface area contributed by atoms with E-state index in [2.05, 4.69) is 46.7 Å². The molecule has 4 rings (SSSR count). The van der Waals surface area contributed by atoms with Crippen LogP contribution in [0.3, 0.4) is 0 Å². The lowest BCUT2D eigenvalue weighted by Crippen LogP contribution is -2.23. The molecule has 0 bridgehead atoms. The quantitative estimate of drug-likeness (QED) is 0.277. The van der Waals surface area contributed by atoms with E-state index in [9.17, 15) is 4.79 Å². The smallest absolute Gasteiger partial charge is 0.226 e. The fourth-order valence-electron chi connectivity index (χ4n) is 4.69. The third kappa shape index (κ3) is 7.63. The highest BCUT2D eigenvalue weighted by molar-refractivity contribution is 5.91. The van der Waals surface area contributed by atoms with Crippen LogP contribution in [0.4, 0.5) is 5.69 Å². The molecule has 1 aromatic heterocycles. The zero-order chi connectivity index (χ0) is 25.2. The number of hydrogen-bond donors (Lipinski definition) is 3. The topological polar surface area (TPSA) is 119 Å². The Morgan fingerprint density at radius 3 is 2.42 bits per heavy atom. The van der Waals surface area contributed by atoms with E-state index in [1.165, 1.54) is 24.8 Å². The van der Waals surface area contributed by atoms with Crippen molar-refractivity contribution in [1.29, 1.82) is 0 Å². The normalized spacial score (nSPS) is 13.8. The number of carbonyl (C=O) groups excluding carboxylic acids is 1. The molecule has 1 aliphatic rings. The standard InChI is InChI=1S/C29H36N6O/c30-29(31)32-19-18-27(36)33-24-16-14-22(15-17-24)26-20-25(13-7-10-21-8-3-1-4-9-21)34-28(35-26)23-11-5-2-6-12-23/h1,3-4,8-9,14-17,20,23H,2,5-7,10-13,18-19H2,(H,33,36)(H4,30,31,32). The lowest BCUT2D eigenvalue weighted by Gasteiger charge is -2.21. The van der Waals surface area contributed by atoms with Crippen LogP contribution < -0.4 is 16.8 Å². The molecule has 188 valence electrons. The Kier molecular flexibility index (Phi) is 9.03. The van der Waals surface area contributed by atoms with Crippen LogP contribution in [0, 0.1) is 0 Å². The maximum Gasteiger partial charge on any atom is 0.226 e. The van der Waals surface area contributed by atoms with Crippen LogP contribution in [0.1, 0.15) is 67.9 Å². The van der Waals surface area contributed by atoms with Gasteiger partial charge in [-0.1, -0.05) is 61.7 Å². The summed E-state index contributed by atoms with van der Waals surface area (Å²) in [5.74, 6) is 1.29. The molecule has 0 unspecified atom stereocenters. The van der Waals surface area contributed by atoms with E-state index in [1.54, 1.807) is 0 Å². The van der Waals surface area contributed by atoms with E-state index < -0.39 is 0 Å². The van der Waals surface area contributed by atoms with Crippen LogP contribution in [0.2, 0.25) is 0 Å². The molecule has 7 nitrogen and oxygen atoms in total. The molecule has 1 fully saturated rings. The molecule has 7 heteroatoms. The van der Waals surface area contributed by atoms with Crippen LogP contribution in [-0.4, -0.2) is 28.4 Å². The zero-order valence-electron chi connectivity index (χ0n) is 20.8.